The van der Waals surface area contributed by atoms with E-state index in [1.54, 1.807) is 30.3 Å². The molecule has 0 bridgehead atoms. The fourth-order valence-electron chi connectivity index (χ4n) is 3.32. The van der Waals surface area contributed by atoms with Crippen molar-refractivity contribution in [2.45, 2.75) is 0 Å². The first-order chi connectivity index (χ1) is 14.6. The number of halogens is 1. The first-order valence-electron chi connectivity index (χ1n) is 9.57. The average Bonchev–Trinajstić information content (AvgIpc) is 2.79. The highest BCUT2D eigenvalue weighted by Gasteiger charge is 2.10. The van der Waals surface area contributed by atoms with Crippen molar-refractivity contribution < 1.29 is 14.3 Å². The fraction of sp³-hybridized carbons (Fsp3) is 0. The average molecular weight is 394 g/mol. The highest BCUT2D eigenvalue weighted by atomic mass is 19.1. The maximum atomic E-state index is 13.2. The van der Waals surface area contributed by atoms with Crippen LogP contribution in [0.3, 0.4) is 0 Å². The van der Waals surface area contributed by atoms with E-state index in [-0.39, 0.29) is 11.4 Å². The summed E-state index contributed by atoms with van der Waals surface area (Å²) in [6.07, 6.45) is 3.69. The van der Waals surface area contributed by atoms with Gasteiger partial charge in [0.2, 0.25) is 0 Å². The molecule has 0 radical (unpaired) electrons. The predicted molar refractivity (Wildman–Crippen MR) is 120 cm³/mol. The Bertz CT molecular complexity index is 1190. The van der Waals surface area contributed by atoms with Crippen LogP contribution in [-0.4, -0.2) is 11.1 Å². The van der Waals surface area contributed by atoms with Crippen LogP contribution in [0.25, 0.3) is 34.4 Å². The summed E-state index contributed by atoms with van der Waals surface area (Å²) >= 11 is 0. The van der Waals surface area contributed by atoms with Crippen molar-refractivity contribution in [3.63, 3.8) is 0 Å². The molecule has 4 aromatic rings. The maximum absolute atomic E-state index is 13.2. The van der Waals surface area contributed by atoms with Gasteiger partial charge < -0.3 is 5.11 Å². The molecule has 0 aliphatic heterocycles. The van der Waals surface area contributed by atoms with Gasteiger partial charge in [-0.2, -0.15) is 0 Å². The number of hydrogen-bond acceptors (Lipinski definition) is 1. The molecule has 2 nitrogen and oxygen atoms in total. The third-order valence-corrected chi connectivity index (χ3v) is 4.93. The van der Waals surface area contributed by atoms with E-state index in [9.17, 15) is 14.3 Å². The Morgan fingerprint density at radius 3 is 1.90 bits per heavy atom. The lowest BCUT2D eigenvalue weighted by molar-refractivity contribution is 0.0696. The molecular formula is C27H19FO2. The summed E-state index contributed by atoms with van der Waals surface area (Å²) < 4.78 is 13.2. The minimum Gasteiger partial charge on any atom is -0.478 e. The van der Waals surface area contributed by atoms with Crippen molar-refractivity contribution in [2.75, 3.05) is 0 Å². The van der Waals surface area contributed by atoms with Gasteiger partial charge in [0.15, 0.2) is 0 Å². The van der Waals surface area contributed by atoms with Crippen molar-refractivity contribution in [3.05, 3.63) is 120 Å². The topological polar surface area (TPSA) is 37.3 Å². The second-order valence-corrected chi connectivity index (χ2v) is 6.94. The zero-order valence-electron chi connectivity index (χ0n) is 16.1. The van der Waals surface area contributed by atoms with Crippen LogP contribution in [0.15, 0.2) is 97.1 Å². The molecule has 0 aromatic heterocycles. The van der Waals surface area contributed by atoms with Crippen LogP contribution >= 0.6 is 0 Å². The van der Waals surface area contributed by atoms with Crippen LogP contribution in [0, 0.1) is 5.82 Å². The number of aromatic carboxylic acids is 1. The molecule has 0 aliphatic carbocycles. The number of hydrogen-bond donors (Lipinski definition) is 1. The Morgan fingerprint density at radius 1 is 0.667 bits per heavy atom. The third-order valence-electron chi connectivity index (χ3n) is 4.93. The van der Waals surface area contributed by atoms with Gasteiger partial charge >= 0.3 is 5.97 Å². The Balaban J connectivity index is 1.64. The lowest BCUT2D eigenvalue weighted by Crippen LogP contribution is -1.99. The van der Waals surface area contributed by atoms with Gasteiger partial charge in [0, 0.05) is 0 Å². The Kier molecular flexibility index (Phi) is 5.53. The van der Waals surface area contributed by atoms with E-state index in [4.69, 9.17) is 0 Å². The van der Waals surface area contributed by atoms with Crippen molar-refractivity contribution >= 4 is 18.1 Å². The standard InChI is InChI=1S/C27H19FO2/c28-25-15-12-22(13-16-25)23-14-17-26(27(29)30)24(18-23)11-8-19-6-9-21(10-7-19)20-4-2-1-3-5-20/h1-18H,(H,29,30)/b11-8+. The normalized spacial score (nSPS) is 11.0. The molecule has 0 spiro atoms. The molecule has 0 aliphatic rings. The summed E-state index contributed by atoms with van der Waals surface area (Å²) in [7, 11) is 0. The summed E-state index contributed by atoms with van der Waals surface area (Å²) in [5.41, 5.74) is 5.72. The summed E-state index contributed by atoms with van der Waals surface area (Å²) in [5.74, 6) is -1.29. The SMILES string of the molecule is O=C(O)c1ccc(-c2ccc(F)cc2)cc1/C=C/c1ccc(-c2ccccc2)cc1. The summed E-state index contributed by atoms with van der Waals surface area (Å²) in [6, 6.07) is 29.5. The molecule has 4 rings (SSSR count). The van der Waals surface area contributed by atoms with Crippen LogP contribution in [0.2, 0.25) is 0 Å². The molecule has 0 atom stereocenters. The third kappa shape index (κ3) is 4.36. The molecule has 30 heavy (non-hydrogen) atoms. The van der Waals surface area contributed by atoms with E-state index < -0.39 is 5.97 Å². The van der Waals surface area contributed by atoms with Gasteiger partial charge in [0.25, 0.3) is 0 Å². The van der Waals surface area contributed by atoms with E-state index >= 15 is 0 Å². The van der Waals surface area contributed by atoms with E-state index in [1.165, 1.54) is 12.1 Å². The number of carboxylic acids is 1. The maximum Gasteiger partial charge on any atom is 0.336 e. The molecule has 0 heterocycles. The molecule has 0 saturated heterocycles. The lowest BCUT2D eigenvalue weighted by atomic mass is 9.98. The van der Waals surface area contributed by atoms with Crippen LogP contribution in [-0.2, 0) is 0 Å². The van der Waals surface area contributed by atoms with Gasteiger partial charge in [-0.3, -0.25) is 0 Å². The van der Waals surface area contributed by atoms with Gasteiger partial charge in [0.1, 0.15) is 5.82 Å². The number of carbonyl (C=O) groups is 1. The molecule has 0 saturated carbocycles. The van der Waals surface area contributed by atoms with E-state index in [2.05, 4.69) is 12.1 Å². The Hall–Kier alpha value is -3.98. The fourth-order valence-corrected chi connectivity index (χ4v) is 3.32. The summed E-state index contributed by atoms with van der Waals surface area (Å²) in [6.45, 7) is 0. The van der Waals surface area contributed by atoms with Gasteiger partial charge in [-0.25, -0.2) is 9.18 Å². The Labute approximate surface area is 174 Å². The number of carboxylic acid groups (broad SMARTS) is 1. The molecule has 146 valence electrons. The minimum atomic E-state index is -0.986. The first kappa shape index (κ1) is 19.3. The lowest BCUT2D eigenvalue weighted by Gasteiger charge is -2.07. The van der Waals surface area contributed by atoms with Crippen molar-refractivity contribution in [1.82, 2.24) is 0 Å². The van der Waals surface area contributed by atoms with Crippen molar-refractivity contribution in [1.29, 1.82) is 0 Å². The van der Waals surface area contributed by atoms with Crippen LogP contribution in [0.4, 0.5) is 4.39 Å². The van der Waals surface area contributed by atoms with Crippen LogP contribution < -0.4 is 0 Å². The smallest absolute Gasteiger partial charge is 0.336 e. The van der Waals surface area contributed by atoms with Crippen LogP contribution in [0.5, 0.6) is 0 Å². The van der Waals surface area contributed by atoms with Crippen molar-refractivity contribution in [3.8, 4) is 22.3 Å². The second-order valence-electron chi connectivity index (χ2n) is 6.94. The monoisotopic (exact) mass is 394 g/mol. The summed E-state index contributed by atoms with van der Waals surface area (Å²) in [4.78, 5) is 11.6. The van der Waals surface area contributed by atoms with Crippen molar-refractivity contribution in [2.24, 2.45) is 0 Å². The van der Waals surface area contributed by atoms with Gasteiger partial charge in [-0.1, -0.05) is 84.9 Å². The van der Waals surface area contributed by atoms with Gasteiger partial charge in [-0.05, 0) is 57.6 Å². The van der Waals surface area contributed by atoms with E-state index in [0.29, 0.717) is 5.56 Å². The molecule has 0 amide bonds. The van der Waals surface area contributed by atoms with E-state index in [0.717, 1.165) is 27.8 Å². The van der Waals surface area contributed by atoms with Gasteiger partial charge in [0.05, 0.1) is 5.56 Å². The zero-order valence-corrected chi connectivity index (χ0v) is 16.1. The molecule has 4 aromatic carbocycles. The second kappa shape index (κ2) is 8.58. The molecule has 3 heteroatoms. The van der Waals surface area contributed by atoms with Gasteiger partial charge in [-0.15, -0.1) is 0 Å². The number of benzene rings is 4. The number of rotatable bonds is 5. The minimum absolute atomic E-state index is 0.220. The predicted octanol–water partition coefficient (Wildman–Crippen LogP) is 7.03. The zero-order chi connectivity index (χ0) is 20.9. The summed E-state index contributed by atoms with van der Waals surface area (Å²) in [5, 5.41) is 9.54. The highest BCUT2D eigenvalue weighted by molar-refractivity contribution is 5.94. The highest BCUT2D eigenvalue weighted by Crippen LogP contribution is 2.25. The Morgan fingerprint density at radius 2 is 1.23 bits per heavy atom. The quantitative estimate of drug-likeness (QED) is 0.369. The molecule has 1 N–H and O–H groups in total. The molecular weight excluding hydrogens is 375 g/mol. The largest absolute Gasteiger partial charge is 0.478 e. The molecule has 0 unspecified atom stereocenters. The first-order valence-corrected chi connectivity index (χ1v) is 9.57. The van der Waals surface area contributed by atoms with E-state index in [1.807, 2.05) is 54.6 Å². The van der Waals surface area contributed by atoms with Crippen LogP contribution in [0.1, 0.15) is 21.5 Å². The molecule has 0 fully saturated rings.